The molecule has 0 amide bonds. The van der Waals surface area contributed by atoms with Gasteiger partial charge in [-0.05, 0) is 229 Å². The third-order valence-electron chi connectivity index (χ3n) is 25.8. The van der Waals surface area contributed by atoms with Gasteiger partial charge in [0.2, 0.25) is 0 Å². The topological polar surface area (TPSA) is 12.5 Å². The van der Waals surface area contributed by atoms with Gasteiger partial charge < -0.3 is 4.74 Å². The standard InChI is InChI=1S/C62H101NO/c1-4-16-41(17-5-1)42-28-30-49(31-29-42)63(50-32-34-54-53-26-14-15-27-56(53)62(57(54)39-50,47-21-6-2-7-22-47)48-23-8-3-9-24-48)51-33-35-55-58(40-51)64-59-38-45-20-12-13-25-52(45)60(61(55)59)46-36-43-18-10-11-19-44(43)37-46/h41-61H,1-40H2. The van der Waals surface area contributed by atoms with Crippen LogP contribution in [0.2, 0.25) is 0 Å². The van der Waals surface area contributed by atoms with E-state index in [4.69, 9.17) is 4.74 Å². The van der Waals surface area contributed by atoms with Crippen molar-refractivity contribution in [2.75, 3.05) is 0 Å². The SMILES string of the molecule is C1CCC(C2CCC(N(C3CCC4C(C3)OC3CC5CCCCC5C(C5CC6CCCCC6C5)C34)C3CCC4C5CCCCC5C(C5CCCCC5)(C5CCCCC5)C4C3)CC2)CC1. The van der Waals surface area contributed by atoms with Crippen LogP contribution in [0.1, 0.15) is 257 Å². The first-order valence-electron chi connectivity index (χ1n) is 31.1. The number of hydrogen-bond acceptors (Lipinski definition) is 2. The second-order valence-electron chi connectivity index (χ2n) is 27.9. The first-order valence-corrected chi connectivity index (χ1v) is 31.1. The highest BCUT2D eigenvalue weighted by molar-refractivity contribution is 5.16. The Hall–Kier alpha value is -0.0800. The summed E-state index contributed by atoms with van der Waals surface area (Å²) in [6.07, 6.45) is 63.6. The van der Waals surface area contributed by atoms with Crippen LogP contribution in [0.4, 0.5) is 0 Å². The molecule has 0 aromatic rings. The fourth-order valence-corrected chi connectivity index (χ4v) is 23.9. The molecule has 1 aliphatic heterocycles. The minimum Gasteiger partial charge on any atom is -0.374 e. The van der Waals surface area contributed by atoms with Gasteiger partial charge >= 0.3 is 0 Å². The van der Waals surface area contributed by atoms with Crippen LogP contribution in [-0.4, -0.2) is 35.2 Å². The van der Waals surface area contributed by atoms with E-state index < -0.39 is 0 Å². The zero-order valence-electron chi connectivity index (χ0n) is 41.8. The molecule has 12 aliphatic carbocycles. The molecule has 0 radical (unpaired) electrons. The molecule has 360 valence electrons. The van der Waals surface area contributed by atoms with Gasteiger partial charge in [-0.2, -0.15) is 0 Å². The van der Waals surface area contributed by atoms with Crippen LogP contribution in [-0.2, 0) is 4.74 Å². The Balaban J connectivity index is 0.804. The molecule has 12 saturated carbocycles. The van der Waals surface area contributed by atoms with E-state index in [0.29, 0.717) is 17.6 Å². The Morgan fingerprint density at radius 3 is 1.47 bits per heavy atom. The average Bonchev–Trinajstić information content (AvgIpc) is 4.05. The Kier molecular flexibility index (Phi) is 13.0. The lowest BCUT2D eigenvalue weighted by atomic mass is 9.48. The van der Waals surface area contributed by atoms with Crippen molar-refractivity contribution in [2.24, 2.45) is 100 Å². The summed E-state index contributed by atoms with van der Waals surface area (Å²) >= 11 is 0. The third kappa shape index (κ3) is 7.69. The maximum atomic E-state index is 7.78. The van der Waals surface area contributed by atoms with Crippen molar-refractivity contribution in [2.45, 2.75) is 287 Å². The molecule has 64 heavy (non-hydrogen) atoms. The van der Waals surface area contributed by atoms with Gasteiger partial charge in [-0.15, -0.1) is 0 Å². The van der Waals surface area contributed by atoms with Crippen molar-refractivity contribution in [3.63, 3.8) is 0 Å². The summed E-state index contributed by atoms with van der Waals surface area (Å²) in [5.41, 5.74) is 0.699. The Labute approximate surface area is 395 Å². The predicted molar refractivity (Wildman–Crippen MR) is 265 cm³/mol. The molecule has 2 nitrogen and oxygen atoms in total. The molecule has 1 saturated heterocycles. The van der Waals surface area contributed by atoms with Crippen molar-refractivity contribution in [1.82, 2.24) is 4.90 Å². The summed E-state index contributed by atoms with van der Waals surface area (Å²) in [6.45, 7) is 0. The normalized spacial score (nSPS) is 50.2. The van der Waals surface area contributed by atoms with Gasteiger partial charge in [0.15, 0.2) is 0 Å². The molecular formula is C62H101NO. The number of nitrogens with zero attached hydrogens (tertiary/aromatic N) is 1. The number of ether oxygens (including phenoxy) is 1. The maximum absolute atomic E-state index is 7.78. The first kappa shape index (κ1) is 43.9. The molecule has 13 rings (SSSR count). The summed E-state index contributed by atoms with van der Waals surface area (Å²) in [6, 6.07) is 2.54. The van der Waals surface area contributed by atoms with Crippen LogP contribution in [0.15, 0.2) is 0 Å². The Morgan fingerprint density at radius 2 is 0.781 bits per heavy atom. The molecule has 0 aromatic carbocycles. The molecule has 0 bridgehead atoms. The fraction of sp³-hybridized carbons (Fsp3) is 1.00. The molecule has 0 spiro atoms. The average molecular weight is 876 g/mol. The number of rotatable bonds is 7. The van der Waals surface area contributed by atoms with Crippen LogP contribution in [0.3, 0.4) is 0 Å². The van der Waals surface area contributed by atoms with E-state index in [1.54, 1.807) is 167 Å². The van der Waals surface area contributed by atoms with E-state index >= 15 is 0 Å². The lowest BCUT2D eigenvalue weighted by Gasteiger charge is -2.58. The van der Waals surface area contributed by atoms with Gasteiger partial charge in [-0.25, -0.2) is 0 Å². The lowest BCUT2D eigenvalue weighted by Crippen LogP contribution is -2.57. The minimum atomic E-state index is 0.579. The van der Waals surface area contributed by atoms with Gasteiger partial charge in [0.1, 0.15) is 0 Å². The van der Waals surface area contributed by atoms with Gasteiger partial charge in [-0.1, -0.05) is 128 Å². The highest BCUT2D eigenvalue weighted by atomic mass is 16.5. The Bertz CT molecular complexity index is 1500. The molecule has 15 atom stereocenters. The lowest BCUT2D eigenvalue weighted by molar-refractivity contribution is -0.0957. The van der Waals surface area contributed by atoms with Gasteiger partial charge in [-0.3, -0.25) is 4.90 Å². The fourth-order valence-electron chi connectivity index (χ4n) is 23.9. The van der Waals surface area contributed by atoms with Crippen LogP contribution < -0.4 is 0 Å². The third-order valence-corrected chi connectivity index (χ3v) is 25.8. The summed E-state index contributed by atoms with van der Waals surface area (Å²) in [5.74, 6) is 16.6. The highest BCUT2D eigenvalue weighted by Gasteiger charge is 2.67. The second kappa shape index (κ2) is 18.9. The van der Waals surface area contributed by atoms with Crippen molar-refractivity contribution in [3.05, 3.63) is 0 Å². The first-order chi connectivity index (χ1) is 31.7. The highest BCUT2D eigenvalue weighted by Crippen LogP contribution is 2.72. The van der Waals surface area contributed by atoms with E-state index in [2.05, 4.69) is 4.90 Å². The number of hydrogen-bond donors (Lipinski definition) is 0. The van der Waals surface area contributed by atoms with Crippen LogP contribution >= 0.6 is 0 Å². The molecular weight excluding hydrogens is 775 g/mol. The maximum Gasteiger partial charge on any atom is 0.0625 e. The quantitative estimate of drug-likeness (QED) is 0.253. The summed E-state index contributed by atoms with van der Waals surface area (Å²) in [7, 11) is 0. The van der Waals surface area contributed by atoms with Crippen molar-refractivity contribution in [3.8, 4) is 0 Å². The summed E-state index contributed by atoms with van der Waals surface area (Å²) in [4.78, 5) is 3.50. The monoisotopic (exact) mass is 876 g/mol. The van der Waals surface area contributed by atoms with E-state index in [1.807, 2.05) is 0 Å². The molecule has 2 heteroatoms. The zero-order chi connectivity index (χ0) is 42.2. The van der Waals surface area contributed by atoms with Gasteiger partial charge in [0, 0.05) is 18.1 Å². The van der Waals surface area contributed by atoms with Crippen molar-refractivity contribution < 1.29 is 4.74 Å². The van der Waals surface area contributed by atoms with Crippen LogP contribution in [0.25, 0.3) is 0 Å². The van der Waals surface area contributed by atoms with Gasteiger partial charge in [0.25, 0.3) is 0 Å². The summed E-state index contributed by atoms with van der Waals surface area (Å²) in [5, 5.41) is 0. The minimum absolute atomic E-state index is 0.579. The van der Waals surface area contributed by atoms with Crippen molar-refractivity contribution in [1.29, 1.82) is 0 Å². The van der Waals surface area contributed by atoms with Gasteiger partial charge in [0.05, 0.1) is 12.2 Å². The molecule has 1 heterocycles. The Morgan fingerprint density at radius 1 is 0.281 bits per heavy atom. The zero-order valence-corrected chi connectivity index (χ0v) is 41.8. The largest absolute Gasteiger partial charge is 0.374 e. The smallest absolute Gasteiger partial charge is 0.0625 e. The molecule has 15 unspecified atom stereocenters. The van der Waals surface area contributed by atoms with E-state index in [1.165, 1.54) is 89.9 Å². The second-order valence-corrected chi connectivity index (χ2v) is 27.9. The predicted octanol–water partition coefficient (Wildman–Crippen LogP) is 16.8. The van der Waals surface area contributed by atoms with E-state index in [9.17, 15) is 0 Å². The van der Waals surface area contributed by atoms with Crippen LogP contribution in [0, 0.1) is 100 Å². The van der Waals surface area contributed by atoms with E-state index in [-0.39, 0.29) is 0 Å². The van der Waals surface area contributed by atoms with E-state index in [0.717, 1.165) is 113 Å². The van der Waals surface area contributed by atoms with Crippen molar-refractivity contribution >= 4 is 0 Å². The number of fused-ring (bicyclic) bond motifs is 8. The molecule has 13 fully saturated rings. The molecule has 0 N–H and O–H groups in total. The summed E-state index contributed by atoms with van der Waals surface area (Å²) < 4.78 is 7.78. The van der Waals surface area contributed by atoms with Crippen LogP contribution in [0.5, 0.6) is 0 Å². The molecule has 13 aliphatic rings. The molecule has 0 aromatic heterocycles.